The fourth-order valence-electron chi connectivity index (χ4n) is 3.91. The highest BCUT2D eigenvalue weighted by molar-refractivity contribution is 5.92. The third-order valence-electron chi connectivity index (χ3n) is 6.07. The van der Waals surface area contributed by atoms with Gasteiger partial charge in [-0.15, -0.1) is 0 Å². The maximum Gasteiger partial charge on any atom is 0.229 e. The van der Waals surface area contributed by atoms with E-state index in [9.17, 15) is 9.18 Å². The van der Waals surface area contributed by atoms with E-state index >= 15 is 0 Å². The number of piperidine rings is 1. The van der Waals surface area contributed by atoms with E-state index < -0.39 is 5.82 Å². The van der Waals surface area contributed by atoms with Gasteiger partial charge in [0.05, 0.1) is 17.7 Å². The molecule has 9 heteroatoms. The smallest absolute Gasteiger partial charge is 0.229 e. The topological polar surface area (TPSA) is 101 Å². The first-order valence-corrected chi connectivity index (χ1v) is 10.8. The summed E-state index contributed by atoms with van der Waals surface area (Å²) in [5.74, 6) is 0.414. The summed E-state index contributed by atoms with van der Waals surface area (Å²) < 4.78 is 20.0. The predicted molar refractivity (Wildman–Crippen MR) is 116 cm³/mol. The number of nitrogens with one attached hydrogen (secondary N) is 3. The van der Waals surface area contributed by atoms with E-state index in [0.29, 0.717) is 18.2 Å². The number of halogens is 1. The molecule has 2 saturated heterocycles. The lowest BCUT2D eigenvalue weighted by atomic mass is 9.82. The van der Waals surface area contributed by atoms with Crippen LogP contribution in [-0.4, -0.2) is 53.7 Å². The van der Waals surface area contributed by atoms with Crippen LogP contribution in [0.2, 0.25) is 0 Å². The highest BCUT2D eigenvalue weighted by Crippen LogP contribution is 2.30. The molecule has 0 aromatic carbocycles. The van der Waals surface area contributed by atoms with Crippen molar-refractivity contribution >= 4 is 17.5 Å². The van der Waals surface area contributed by atoms with Crippen LogP contribution in [0.25, 0.3) is 11.4 Å². The van der Waals surface area contributed by atoms with Gasteiger partial charge in [-0.2, -0.15) is 0 Å². The molecule has 4 heterocycles. The second kappa shape index (κ2) is 9.65. The van der Waals surface area contributed by atoms with Crippen LogP contribution in [0.3, 0.4) is 0 Å². The molecule has 2 aromatic rings. The van der Waals surface area contributed by atoms with Crippen molar-refractivity contribution in [3.05, 3.63) is 30.3 Å². The number of amides is 1. The molecule has 0 spiro atoms. The molecule has 0 unspecified atom stereocenters. The largest absolute Gasteiger partial charge is 0.381 e. The lowest BCUT2D eigenvalue weighted by Crippen LogP contribution is -2.37. The van der Waals surface area contributed by atoms with Crippen LogP contribution in [0.1, 0.15) is 32.6 Å². The average molecular weight is 429 g/mol. The summed E-state index contributed by atoms with van der Waals surface area (Å²) in [5, 5.41) is 9.37. The molecule has 1 atom stereocenters. The molecule has 0 bridgehead atoms. The fourth-order valence-corrected chi connectivity index (χ4v) is 3.91. The molecule has 3 N–H and O–H groups in total. The van der Waals surface area contributed by atoms with Gasteiger partial charge in [0.25, 0.3) is 0 Å². The molecular weight excluding hydrogens is 399 g/mol. The molecule has 166 valence electrons. The quantitative estimate of drug-likeness (QED) is 0.650. The van der Waals surface area contributed by atoms with Crippen LogP contribution in [0, 0.1) is 17.2 Å². The Kier molecular flexibility index (Phi) is 6.72. The lowest BCUT2D eigenvalue weighted by Gasteiger charge is -2.33. The Morgan fingerprint density at radius 1 is 1.32 bits per heavy atom. The Labute approximate surface area is 181 Å². The van der Waals surface area contributed by atoms with Crippen LogP contribution in [0.4, 0.5) is 16.0 Å². The Morgan fingerprint density at radius 2 is 2.16 bits per heavy atom. The Morgan fingerprint density at radius 3 is 2.94 bits per heavy atom. The first-order chi connectivity index (χ1) is 15.0. The van der Waals surface area contributed by atoms with Gasteiger partial charge < -0.3 is 20.7 Å². The number of aromatic nitrogens is 3. The third-order valence-corrected chi connectivity index (χ3v) is 6.07. The van der Waals surface area contributed by atoms with Gasteiger partial charge in [-0.3, -0.25) is 4.79 Å². The molecule has 4 rings (SSSR count). The van der Waals surface area contributed by atoms with Gasteiger partial charge in [-0.25, -0.2) is 19.3 Å². The molecule has 1 amide bonds. The molecule has 0 saturated carbocycles. The van der Waals surface area contributed by atoms with E-state index in [1.165, 1.54) is 6.07 Å². The Bertz CT molecular complexity index is 913. The van der Waals surface area contributed by atoms with Gasteiger partial charge in [-0.1, -0.05) is 6.92 Å². The van der Waals surface area contributed by atoms with E-state index in [0.717, 1.165) is 58.2 Å². The van der Waals surface area contributed by atoms with Crippen LogP contribution in [-0.2, 0) is 9.53 Å². The van der Waals surface area contributed by atoms with Gasteiger partial charge in [-0.05, 0) is 49.8 Å². The van der Waals surface area contributed by atoms with Crippen molar-refractivity contribution in [2.75, 3.05) is 43.5 Å². The van der Waals surface area contributed by atoms with E-state index in [1.54, 1.807) is 12.3 Å². The first-order valence-electron chi connectivity index (χ1n) is 10.8. The molecular formula is C22H29FN6O2. The summed E-state index contributed by atoms with van der Waals surface area (Å²) in [4.78, 5) is 25.2. The summed E-state index contributed by atoms with van der Waals surface area (Å²) in [6, 6.07) is 3.26. The highest BCUT2D eigenvalue weighted by Gasteiger charge is 2.27. The van der Waals surface area contributed by atoms with Crippen LogP contribution >= 0.6 is 0 Å². The van der Waals surface area contributed by atoms with Gasteiger partial charge >= 0.3 is 0 Å². The Hall–Kier alpha value is -2.65. The first kappa shape index (κ1) is 21.6. The summed E-state index contributed by atoms with van der Waals surface area (Å²) in [7, 11) is 0. The summed E-state index contributed by atoms with van der Waals surface area (Å²) in [6.45, 7) is 6.08. The van der Waals surface area contributed by atoms with Crippen molar-refractivity contribution in [1.29, 1.82) is 0 Å². The lowest BCUT2D eigenvalue weighted by molar-refractivity contribution is -0.120. The van der Waals surface area contributed by atoms with Crippen LogP contribution in [0.15, 0.2) is 24.5 Å². The zero-order chi connectivity index (χ0) is 21.7. The summed E-state index contributed by atoms with van der Waals surface area (Å²) in [5.41, 5.74) is 0.337. The number of rotatable bonds is 6. The number of hydrogen-bond acceptors (Lipinski definition) is 7. The molecule has 8 nitrogen and oxygen atoms in total. The SMILES string of the molecule is CC1(CNc2ccnc(-c3cc(NC(=O)[C@@H]4CCCNC4)ncc3F)n2)CCOCC1. The minimum absolute atomic E-state index is 0.112. The number of nitrogens with zero attached hydrogens (tertiary/aromatic N) is 3. The van der Waals surface area contributed by atoms with E-state index in [2.05, 4.69) is 37.8 Å². The van der Waals surface area contributed by atoms with Crippen LogP contribution in [0.5, 0.6) is 0 Å². The standard InChI is InChI=1S/C22H29FN6O2/c1-22(5-9-31-10-6-22)14-27-18-4-8-25-20(28-18)16-11-19(26-13-17(16)23)29-21(30)15-3-2-7-24-12-15/h4,8,11,13,15,24H,2-3,5-7,9-10,12,14H2,1H3,(H,25,27,28)(H,26,29,30)/t15-/m1/s1. The minimum Gasteiger partial charge on any atom is -0.381 e. The van der Waals surface area contributed by atoms with E-state index in [1.807, 2.05) is 0 Å². The minimum atomic E-state index is -0.536. The van der Waals surface area contributed by atoms with Crippen molar-refractivity contribution < 1.29 is 13.9 Å². The van der Waals surface area contributed by atoms with Gasteiger partial charge in [0.15, 0.2) is 11.6 Å². The number of anilines is 2. The van der Waals surface area contributed by atoms with Gasteiger partial charge in [0.1, 0.15) is 11.6 Å². The van der Waals surface area contributed by atoms with Crippen molar-refractivity contribution in [1.82, 2.24) is 20.3 Å². The number of carbonyl (C=O) groups excluding carboxylic acids is 1. The number of pyridine rings is 1. The Balaban J connectivity index is 1.46. The second-order valence-electron chi connectivity index (χ2n) is 8.62. The van der Waals surface area contributed by atoms with Crippen molar-refractivity contribution in [2.45, 2.75) is 32.6 Å². The van der Waals surface area contributed by atoms with Crippen molar-refractivity contribution in [2.24, 2.45) is 11.3 Å². The molecule has 2 aliphatic rings. The summed E-state index contributed by atoms with van der Waals surface area (Å²) in [6.07, 6.45) is 6.45. The molecule has 31 heavy (non-hydrogen) atoms. The third kappa shape index (κ3) is 5.54. The fraction of sp³-hybridized carbons (Fsp3) is 0.545. The maximum atomic E-state index is 14.5. The number of carbonyl (C=O) groups is 1. The zero-order valence-corrected chi connectivity index (χ0v) is 17.8. The predicted octanol–water partition coefficient (Wildman–Crippen LogP) is 2.84. The molecule has 0 aliphatic carbocycles. The normalized spacial score (nSPS) is 20.8. The maximum absolute atomic E-state index is 14.5. The van der Waals surface area contributed by atoms with Crippen molar-refractivity contribution in [3.8, 4) is 11.4 Å². The monoisotopic (exact) mass is 428 g/mol. The van der Waals surface area contributed by atoms with E-state index in [4.69, 9.17) is 4.74 Å². The van der Waals surface area contributed by atoms with E-state index in [-0.39, 0.29) is 28.6 Å². The second-order valence-corrected chi connectivity index (χ2v) is 8.62. The number of ether oxygens (including phenoxy) is 1. The molecule has 0 radical (unpaired) electrons. The van der Waals surface area contributed by atoms with Gasteiger partial charge in [0, 0.05) is 32.5 Å². The molecule has 2 aromatic heterocycles. The average Bonchev–Trinajstić information content (AvgIpc) is 2.80. The van der Waals surface area contributed by atoms with Gasteiger partial charge in [0.2, 0.25) is 5.91 Å². The van der Waals surface area contributed by atoms with Crippen molar-refractivity contribution in [3.63, 3.8) is 0 Å². The molecule has 2 aliphatic heterocycles. The zero-order valence-electron chi connectivity index (χ0n) is 17.8. The highest BCUT2D eigenvalue weighted by atomic mass is 19.1. The number of hydrogen-bond donors (Lipinski definition) is 3. The van der Waals surface area contributed by atoms with Crippen LogP contribution < -0.4 is 16.0 Å². The molecule has 2 fully saturated rings. The summed E-state index contributed by atoms with van der Waals surface area (Å²) >= 11 is 0.